The van der Waals surface area contributed by atoms with Crippen molar-refractivity contribution >= 4 is 0 Å². The standard InChI is InChI=1S/C19H40N2/c1-6-18(11-12-19(3,4)5)10-8-9-13-21-16-14-20(7-2)15-17-21/h18H,6-17H2,1-5H3/t18-/m1/s1. The molecule has 2 heteroatoms. The highest BCUT2D eigenvalue weighted by atomic mass is 15.3. The highest BCUT2D eigenvalue weighted by Crippen LogP contribution is 2.27. The molecular formula is C19H40N2. The lowest BCUT2D eigenvalue weighted by Gasteiger charge is -2.34. The Morgan fingerprint density at radius 1 is 0.857 bits per heavy atom. The molecule has 2 nitrogen and oxygen atoms in total. The van der Waals surface area contributed by atoms with Crippen molar-refractivity contribution in [3.63, 3.8) is 0 Å². The first kappa shape index (κ1) is 19.0. The average molecular weight is 297 g/mol. The molecule has 0 amide bonds. The molecule has 0 aromatic carbocycles. The van der Waals surface area contributed by atoms with E-state index >= 15 is 0 Å². The number of hydrogen-bond donors (Lipinski definition) is 0. The number of rotatable bonds is 9. The fourth-order valence-electron chi connectivity index (χ4n) is 3.29. The third-order valence-electron chi connectivity index (χ3n) is 5.13. The van der Waals surface area contributed by atoms with E-state index in [1.807, 2.05) is 0 Å². The first-order chi connectivity index (χ1) is 9.94. The Morgan fingerprint density at radius 2 is 1.48 bits per heavy atom. The Hall–Kier alpha value is -0.0800. The maximum absolute atomic E-state index is 2.67. The van der Waals surface area contributed by atoms with Gasteiger partial charge in [0.1, 0.15) is 0 Å². The topological polar surface area (TPSA) is 6.48 Å². The van der Waals surface area contributed by atoms with Gasteiger partial charge in [-0.2, -0.15) is 0 Å². The van der Waals surface area contributed by atoms with Gasteiger partial charge in [0.25, 0.3) is 0 Å². The predicted octanol–water partition coefficient (Wildman–Crippen LogP) is 4.65. The van der Waals surface area contributed by atoms with Crippen molar-refractivity contribution in [3.8, 4) is 0 Å². The first-order valence-electron chi connectivity index (χ1n) is 9.39. The lowest BCUT2D eigenvalue weighted by molar-refractivity contribution is 0.135. The highest BCUT2D eigenvalue weighted by molar-refractivity contribution is 4.71. The van der Waals surface area contributed by atoms with E-state index in [1.165, 1.54) is 77.8 Å². The van der Waals surface area contributed by atoms with E-state index < -0.39 is 0 Å². The van der Waals surface area contributed by atoms with Crippen LogP contribution in [0.1, 0.15) is 73.1 Å². The van der Waals surface area contributed by atoms with Gasteiger partial charge in [-0.05, 0) is 43.7 Å². The molecule has 0 aliphatic carbocycles. The zero-order chi connectivity index (χ0) is 15.7. The predicted molar refractivity (Wildman–Crippen MR) is 94.9 cm³/mol. The molecule has 0 spiro atoms. The number of piperazine rings is 1. The Balaban J connectivity index is 2.07. The molecule has 0 bridgehead atoms. The largest absolute Gasteiger partial charge is 0.301 e. The lowest BCUT2D eigenvalue weighted by atomic mass is 9.84. The molecule has 1 fully saturated rings. The Kier molecular flexibility index (Phi) is 8.89. The molecule has 126 valence electrons. The summed E-state index contributed by atoms with van der Waals surface area (Å²) in [7, 11) is 0. The molecule has 0 N–H and O–H groups in total. The van der Waals surface area contributed by atoms with Gasteiger partial charge in [0.2, 0.25) is 0 Å². The summed E-state index contributed by atoms with van der Waals surface area (Å²) < 4.78 is 0. The van der Waals surface area contributed by atoms with E-state index in [1.54, 1.807) is 0 Å². The molecule has 0 saturated carbocycles. The highest BCUT2D eigenvalue weighted by Gasteiger charge is 2.16. The van der Waals surface area contributed by atoms with Gasteiger partial charge in [0.05, 0.1) is 0 Å². The van der Waals surface area contributed by atoms with Gasteiger partial charge in [-0.3, -0.25) is 0 Å². The molecule has 1 aliphatic rings. The minimum Gasteiger partial charge on any atom is -0.301 e. The molecule has 0 radical (unpaired) electrons. The van der Waals surface area contributed by atoms with Crippen molar-refractivity contribution < 1.29 is 0 Å². The van der Waals surface area contributed by atoms with E-state index in [0.717, 1.165) is 5.92 Å². The average Bonchev–Trinajstić information content (AvgIpc) is 2.46. The molecule has 21 heavy (non-hydrogen) atoms. The van der Waals surface area contributed by atoms with Crippen LogP contribution in [0.15, 0.2) is 0 Å². The molecule has 1 aliphatic heterocycles. The lowest BCUT2D eigenvalue weighted by Crippen LogP contribution is -2.46. The van der Waals surface area contributed by atoms with E-state index in [9.17, 15) is 0 Å². The van der Waals surface area contributed by atoms with Crippen LogP contribution in [0.25, 0.3) is 0 Å². The van der Waals surface area contributed by atoms with Gasteiger partial charge in [0, 0.05) is 26.2 Å². The molecule has 1 heterocycles. The maximum Gasteiger partial charge on any atom is 0.0110 e. The van der Waals surface area contributed by atoms with Gasteiger partial charge in [-0.1, -0.05) is 53.9 Å². The van der Waals surface area contributed by atoms with Crippen LogP contribution in [0.3, 0.4) is 0 Å². The second-order valence-electron chi connectivity index (χ2n) is 8.15. The zero-order valence-corrected chi connectivity index (χ0v) is 15.5. The summed E-state index contributed by atoms with van der Waals surface area (Å²) in [4.78, 5) is 5.23. The summed E-state index contributed by atoms with van der Waals surface area (Å²) >= 11 is 0. The summed E-state index contributed by atoms with van der Waals surface area (Å²) in [6.07, 6.45) is 8.45. The van der Waals surface area contributed by atoms with Crippen LogP contribution < -0.4 is 0 Å². The number of unbranched alkanes of at least 4 members (excludes halogenated alkanes) is 1. The maximum atomic E-state index is 2.67. The summed E-state index contributed by atoms with van der Waals surface area (Å²) in [5.74, 6) is 0.959. The van der Waals surface area contributed by atoms with Gasteiger partial charge < -0.3 is 9.80 Å². The fraction of sp³-hybridized carbons (Fsp3) is 1.00. The first-order valence-corrected chi connectivity index (χ1v) is 9.39. The van der Waals surface area contributed by atoms with Crippen LogP contribution in [0, 0.1) is 11.3 Å². The summed E-state index contributed by atoms with van der Waals surface area (Å²) in [6.45, 7) is 19.4. The van der Waals surface area contributed by atoms with Gasteiger partial charge in [0.15, 0.2) is 0 Å². The minimum atomic E-state index is 0.506. The van der Waals surface area contributed by atoms with Crippen LogP contribution >= 0.6 is 0 Å². The second-order valence-corrected chi connectivity index (χ2v) is 8.15. The third kappa shape index (κ3) is 8.83. The molecule has 0 aromatic rings. The summed E-state index contributed by atoms with van der Waals surface area (Å²) in [5, 5.41) is 0. The van der Waals surface area contributed by atoms with Crippen LogP contribution in [0.2, 0.25) is 0 Å². The monoisotopic (exact) mass is 296 g/mol. The summed E-state index contributed by atoms with van der Waals surface area (Å²) in [5.41, 5.74) is 0.506. The number of nitrogens with zero attached hydrogens (tertiary/aromatic N) is 2. The van der Waals surface area contributed by atoms with Crippen molar-refractivity contribution in [3.05, 3.63) is 0 Å². The van der Waals surface area contributed by atoms with Crippen molar-refractivity contribution in [1.82, 2.24) is 9.80 Å². The van der Waals surface area contributed by atoms with Crippen molar-refractivity contribution in [2.24, 2.45) is 11.3 Å². The third-order valence-corrected chi connectivity index (χ3v) is 5.13. The molecule has 0 unspecified atom stereocenters. The van der Waals surface area contributed by atoms with Crippen molar-refractivity contribution in [1.29, 1.82) is 0 Å². The Bertz CT molecular complexity index is 249. The number of hydrogen-bond acceptors (Lipinski definition) is 2. The Labute approximate surface area is 134 Å². The van der Waals surface area contributed by atoms with Crippen molar-refractivity contribution in [2.45, 2.75) is 73.1 Å². The fourth-order valence-corrected chi connectivity index (χ4v) is 3.29. The summed E-state index contributed by atoms with van der Waals surface area (Å²) in [6, 6.07) is 0. The minimum absolute atomic E-state index is 0.506. The second kappa shape index (κ2) is 9.84. The van der Waals surface area contributed by atoms with E-state index in [0.29, 0.717) is 5.41 Å². The zero-order valence-electron chi connectivity index (χ0n) is 15.5. The molecule has 1 rings (SSSR count). The molecule has 1 saturated heterocycles. The Morgan fingerprint density at radius 3 is 2.00 bits per heavy atom. The number of likely N-dealkylation sites (N-methyl/N-ethyl adjacent to an activating group) is 1. The smallest absolute Gasteiger partial charge is 0.0110 e. The van der Waals surface area contributed by atoms with E-state index in [-0.39, 0.29) is 0 Å². The van der Waals surface area contributed by atoms with Crippen LogP contribution in [-0.2, 0) is 0 Å². The quantitative estimate of drug-likeness (QED) is 0.572. The normalized spacial score (nSPS) is 19.9. The van der Waals surface area contributed by atoms with Gasteiger partial charge >= 0.3 is 0 Å². The SMILES string of the molecule is CC[C@H](CCCCN1CCN(CC)CC1)CCC(C)(C)C. The molecule has 0 aromatic heterocycles. The molecular weight excluding hydrogens is 256 g/mol. The van der Waals surface area contributed by atoms with Crippen LogP contribution in [0.4, 0.5) is 0 Å². The van der Waals surface area contributed by atoms with Crippen LogP contribution in [-0.4, -0.2) is 49.1 Å². The van der Waals surface area contributed by atoms with Gasteiger partial charge in [-0.15, -0.1) is 0 Å². The van der Waals surface area contributed by atoms with E-state index in [2.05, 4.69) is 44.4 Å². The molecule has 1 atom stereocenters. The van der Waals surface area contributed by atoms with Crippen molar-refractivity contribution in [2.75, 3.05) is 39.3 Å². The van der Waals surface area contributed by atoms with E-state index in [4.69, 9.17) is 0 Å². The van der Waals surface area contributed by atoms with Gasteiger partial charge in [-0.25, -0.2) is 0 Å². The van der Waals surface area contributed by atoms with Crippen LogP contribution in [0.5, 0.6) is 0 Å².